The number of methoxy groups -OCH3 is 1. The molecule has 0 saturated carbocycles. The van der Waals surface area contributed by atoms with Crippen LogP contribution in [0.2, 0.25) is 0 Å². The first-order chi connectivity index (χ1) is 12.5. The molecular formula is C20H18FN3O2. The maximum Gasteiger partial charge on any atom is 0.141 e. The molecule has 0 radical (unpaired) electrons. The highest BCUT2D eigenvalue weighted by Crippen LogP contribution is 2.41. The molecule has 6 heteroatoms. The number of aldehydes is 1. The van der Waals surface area contributed by atoms with E-state index in [0.717, 1.165) is 34.1 Å². The van der Waals surface area contributed by atoms with Crippen molar-refractivity contribution in [3.05, 3.63) is 53.5 Å². The number of nitrogen functional groups attached to an aromatic ring is 1. The number of carbonyl (C=O) groups excluding carboxylic acids is 1. The second-order valence-corrected chi connectivity index (χ2v) is 6.43. The number of pyridine rings is 1. The number of hydrogen-bond acceptors (Lipinski definition) is 5. The van der Waals surface area contributed by atoms with Crippen LogP contribution in [-0.2, 0) is 11.3 Å². The molecule has 0 aliphatic carbocycles. The molecule has 1 unspecified atom stereocenters. The normalized spacial score (nSPS) is 16.7. The fourth-order valence-corrected chi connectivity index (χ4v) is 3.66. The van der Waals surface area contributed by atoms with E-state index in [4.69, 9.17) is 15.5 Å². The van der Waals surface area contributed by atoms with E-state index in [0.29, 0.717) is 23.5 Å². The summed E-state index contributed by atoms with van der Waals surface area (Å²) in [6.45, 7) is 0.549. The number of likely N-dealkylation sites (N-methyl/N-ethyl adjacent to an activating group) is 1. The van der Waals surface area contributed by atoms with E-state index in [1.165, 1.54) is 19.2 Å². The predicted octanol–water partition coefficient (Wildman–Crippen LogP) is 3.32. The van der Waals surface area contributed by atoms with Gasteiger partial charge in [-0.15, -0.1) is 0 Å². The summed E-state index contributed by atoms with van der Waals surface area (Å²) in [6, 6.07) is 9.70. The van der Waals surface area contributed by atoms with Crippen molar-refractivity contribution in [2.45, 2.75) is 12.6 Å². The molecule has 0 fully saturated rings. The van der Waals surface area contributed by atoms with Gasteiger partial charge in [-0.25, -0.2) is 4.39 Å². The van der Waals surface area contributed by atoms with Gasteiger partial charge in [0.15, 0.2) is 0 Å². The average molecular weight is 351 g/mol. The van der Waals surface area contributed by atoms with Crippen LogP contribution in [0.3, 0.4) is 0 Å². The number of benzene rings is 2. The van der Waals surface area contributed by atoms with Gasteiger partial charge in [0, 0.05) is 40.4 Å². The van der Waals surface area contributed by atoms with Crippen molar-refractivity contribution < 1.29 is 13.9 Å². The largest absolute Gasteiger partial charge is 0.496 e. The van der Waals surface area contributed by atoms with Crippen molar-refractivity contribution in [2.75, 3.05) is 19.9 Å². The molecule has 3 aromatic rings. The molecule has 0 amide bonds. The van der Waals surface area contributed by atoms with Gasteiger partial charge < -0.3 is 15.3 Å². The van der Waals surface area contributed by atoms with Crippen LogP contribution >= 0.6 is 0 Å². The number of fused-ring (bicyclic) bond motifs is 2. The zero-order chi connectivity index (χ0) is 18.4. The van der Waals surface area contributed by atoms with Crippen molar-refractivity contribution in [3.8, 4) is 16.9 Å². The van der Waals surface area contributed by atoms with Crippen molar-refractivity contribution in [1.82, 2.24) is 9.88 Å². The summed E-state index contributed by atoms with van der Waals surface area (Å²) >= 11 is 0. The van der Waals surface area contributed by atoms with E-state index in [1.807, 2.05) is 30.1 Å². The monoisotopic (exact) mass is 351 g/mol. The Kier molecular flexibility index (Phi) is 3.85. The Morgan fingerprint density at radius 1 is 1.31 bits per heavy atom. The van der Waals surface area contributed by atoms with Crippen molar-refractivity contribution >= 4 is 22.9 Å². The van der Waals surface area contributed by atoms with Gasteiger partial charge in [-0.3, -0.25) is 9.88 Å². The zero-order valence-corrected chi connectivity index (χ0v) is 14.5. The number of rotatable bonds is 3. The van der Waals surface area contributed by atoms with Gasteiger partial charge in [-0.05, 0) is 19.2 Å². The van der Waals surface area contributed by atoms with Gasteiger partial charge >= 0.3 is 0 Å². The Labute approximate surface area is 150 Å². The van der Waals surface area contributed by atoms with Crippen LogP contribution < -0.4 is 10.5 Å². The molecule has 2 N–H and O–H groups in total. The van der Waals surface area contributed by atoms with E-state index >= 15 is 0 Å². The topological polar surface area (TPSA) is 68.5 Å². The third-order valence-corrected chi connectivity index (χ3v) is 4.93. The number of nitrogens with two attached hydrogens (primary N) is 1. The third-order valence-electron chi connectivity index (χ3n) is 4.93. The smallest absolute Gasteiger partial charge is 0.141 e. The predicted molar refractivity (Wildman–Crippen MR) is 98.4 cm³/mol. The lowest BCUT2D eigenvalue weighted by atomic mass is 9.97. The first-order valence-electron chi connectivity index (χ1n) is 8.25. The lowest BCUT2D eigenvalue weighted by Crippen LogP contribution is -2.17. The molecule has 0 spiro atoms. The van der Waals surface area contributed by atoms with Crippen molar-refractivity contribution in [1.29, 1.82) is 0 Å². The van der Waals surface area contributed by atoms with Crippen molar-refractivity contribution in [2.24, 2.45) is 0 Å². The Bertz CT molecular complexity index is 1040. The Balaban J connectivity index is 2.02. The van der Waals surface area contributed by atoms with Crippen LogP contribution in [0.5, 0.6) is 5.75 Å². The van der Waals surface area contributed by atoms with E-state index in [1.54, 1.807) is 6.07 Å². The molecule has 1 aromatic heterocycles. The molecule has 2 aromatic carbocycles. The number of para-hydroxylation sites is 1. The molecule has 5 nitrogen and oxygen atoms in total. The van der Waals surface area contributed by atoms with Gasteiger partial charge in [0.25, 0.3) is 0 Å². The lowest BCUT2D eigenvalue weighted by molar-refractivity contribution is -0.111. The minimum absolute atomic E-state index is 0.366. The Morgan fingerprint density at radius 3 is 2.85 bits per heavy atom. The molecule has 1 aliphatic heterocycles. The second kappa shape index (κ2) is 6.07. The average Bonchev–Trinajstić information content (AvgIpc) is 2.97. The standard InChI is InChI=1S/C20H18FN3O2/c1-24-9-15-18(16(24)10-25)19(22)14-5-3-4-13(20(14)23-15)12-7-6-11(21)8-17(12)26-2/h3-8,10,16H,9H2,1-2H3,(H2,22,23). The maximum absolute atomic E-state index is 13.6. The molecule has 1 aliphatic rings. The number of halogens is 1. The van der Waals surface area contributed by atoms with E-state index in [2.05, 4.69) is 0 Å². The first kappa shape index (κ1) is 16.5. The van der Waals surface area contributed by atoms with Crippen LogP contribution in [0.4, 0.5) is 10.1 Å². The summed E-state index contributed by atoms with van der Waals surface area (Å²) in [5.41, 5.74) is 10.8. The SMILES string of the molecule is COc1cc(F)ccc1-c1cccc2c(N)c3c(nc12)CN(C)C3C=O. The van der Waals surface area contributed by atoms with Crippen LogP contribution in [0.25, 0.3) is 22.0 Å². The minimum atomic E-state index is -0.383. The molecule has 0 bridgehead atoms. The van der Waals surface area contributed by atoms with Crippen LogP contribution in [0.1, 0.15) is 17.3 Å². The van der Waals surface area contributed by atoms with Gasteiger partial charge in [0.1, 0.15) is 17.9 Å². The van der Waals surface area contributed by atoms with Crippen LogP contribution in [0.15, 0.2) is 36.4 Å². The summed E-state index contributed by atoms with van der Waals surface area (Å²) in [7, 11) is 3.38. The second-order valence-electron chi connectivity index (χ2n) is 6.43. The van der Waals surface area contributed by atoms with Gasteiger partial charge in [0.2, 0.25) is 0 Å². The van der Waals surface area contributed by atoms with Gasteiger partial charge in [-0.2, -0.15) is 0 Å². The van der Waals surface area contributed by atoms with Gasteiger partial charge in [-0.1, -0.05) is 18.2 Å². The van der Waals surface area contributed by atoms with E-state index < -0.39 is 0 Å². The van der Waals surface area contributed by atoms with Gasteiger partial charge in [0.05, 0.1) is 24.4 Å². The van der Waals surface area contributed by atoms with Crippen molar-refractivity contribution in [3.63, 3.8) is 0 Å². The molecular weight excluding hydrogens is 333 g/mol. The highest BCUT2D eigenvalue weighted by Gasteiger charge is 2.32. The molecule has 26 heavy (non-hydrogen) atoms. The quantitative estimate of drug-likeness (QED) is 0.733. The molecule has 0 saturated heterocycles. The fraction of sp³-hybridized carbons (Fsp3) is 0.200. The van der Waals surface area contributed by atoms with E-state index in [-0.39, 0.29) is 11.9 Å². The number of carbonyl (C=O) groups is 1. The van der Waals surface area contributed by atoms with Crippen LogP contribution in [0, 0.1) is 5.82 Å². The first-order valence-corrected chi connectivity index (χ1v) is 8.25. The number of aromatic nitrogens is 1. The summed E-state index contributed by atoms with van der Waals surface area (Å²) in [6.07, 6.45) is 0.891. The lowest BCUT2D eigenvalue weighted by Gasteiger charge is -2.16. The summed E-state index contributed by atoms with van der Waals surface area (Å²) in [5.74, 6) is 0.0657. The minimum Gasteiger partial charge on any atom is -0.496 e. The van der Waals surface area contributed by atoms with Crippen LogP contribution in [-0.4, -0.2) is 30.3 Å². The molecule has 2 heterocycles. The molecule has 132 valence electrons. The fourth-order valence-electron chi connectivity index (χ4n) is 3.66. The zero-order valence-electron chi connectivity index (χ0n) is 14.5. The summed E-state index contributed by atoms with van der Waals surface area (Å²) < 4.78 is 18.9. The molecule has 1 atom stereocenters. The highest BCUT2D eigenvalue weighted by atomic mass is 19.1. The number of ether oxygens (including phenoxy) is 1. The summed E-state index contributed by atoms with van der Waals surface area (Å²) in [5, 5.41) is 0.773. The number of nitrogens with zero attached hydrogens (tertiary/aromatic N) is 2. The molecule has 4 rings (SSSR count). The Hall–Kier alpha value is -2.99. The number of hydrogen-bond donors (Lipinski definition) is 1. The Morgan fingerprint density at radius 2 is 2.12 bits per heavy atom. The summed E-state index contributed by atoms with van der Waals surface area (Å²) in [4.78, 5) is 18.2. The highest BCUT2D eigenvalue weighted by molar-refractivity contribution is 6.02. The maximum atomic E-state index is 13.6. The number of anilines is 1. The van der Waals surface area contributed by atoms with E-state index in [9.17, 15) is 9.18 Å². The third kappa shape index (κ3) is 2.34.